The number of halogens is 2. The molecule has 0 saturated carbocycles. The normalized spacial score (nSPS) is 25.5. The molecule has 2 heterocycles. The largest absolute Gasteiger partial charge is 0.325 e. The molecular weight excluding hydrogens is 313 g/mol. The van der Waals surface area contributed by atoms with E-state index >= 15 is 0 Å². The molecule has 1 atom stereocenters. The number of carbonyl (C=O) groups excluding carboxylic acids is 2. The Kier molecular flexibility index (Phi) is 3.82. The summed E-state index contributed by atoms with van der Waals surface area (Å²) in [5.41, 5.74) is -0.145. The van der Waals surface area contributed by atoms with Crippen LogP contribution in [0, 0.1) is 0 Å². The fourth-order valence-electron chi connectivity index (χ4n) is 2.86. The van der Waals surface area contributed by atoms with Crippen molar-refractivity contribution in [1.82, 2.24) is 15.5 Å². The van der Waals surface area contributed by atoms with E-state index in [4.69, 9.17) is 23.2 Å². The summed E-state index contributed by atoms with van der Waals surface area (Å²) in [6.07, 6.45) is 1.52. The van der Waals surface area contributed by atoms with Crippen LogP contribution in [-0.4, -0.2) is 35.5 Å². The van der Waals surface area contributed by atoms with Crippen LogP contribution in [-0.2, 0) is 11.3 Å². The molecule has 5 nitrogen and oxygen atoms in total. The van der Waals surface area contributed by atoms with E-state index in [9.17, 15) is 9.59 Å². The van der Waals surface area contributed by atoms with Gasteiger partial charge in [0.05, 0.1) is 16.6 Å². The van der Waals surface area contributed by atoms with E-state index in [1.165, 1.54) is 4.90 Å². The number of piperidine rings is 1. The van der Waals surface area contributed by atoms with Crippen molar-refractivity contribution in [3.05, 3.63) is 33.8 Å². The van der Waals surface area contributed by atoms with Crippen molar-refractivity contribution in [3.8, 4) is 0 Å². The van der Waals surface area contributed by atoms with E-state index in [0.29, 0.717) is 28.6 Å². The minimum absolute atomic E-state index is 0.131. The first kappa shape index (κ1) is 14.6. The molecule has 0 aliphatic carbocycles. The second-order valence-electron chi connectivity index (χ2n) is 5.40. The van der Waals surface area contributed by atoms with Crippen molar-refractivity contribution >= 4 is 35.1 Å². The van der Waals surface area contributed by atoms with E-state index in [1.807, 2.05) is 0 Å². The number of rotatable bonds is 2. The molecule has 2 aliphatic heterocycles. The quantitative estimate of drug-likeness (QED) is 0.818. The van der Waals surface area contributed by atoms with E-state index in [0.717, 1.165) is 13.0 Å². The van der Waals surface area contributed by atoms with Crippen LogP contribution < -0.4 is 10.6 Å². The highest BCUT2D eigenvalue weighted by atomic mass is 35.5. The van der Waals surface area contributed by atoms with Gasteiger partial charge in [0, 0.05) is 6.54 Å². The maximum Gasteiger partial charge on any atom is 0.325 e. The number of hydrogen-bond donors (Lipinski definition) is 2. The Bertz CT molecular complexity index is 600. The molecule has 3 rings (SSSR count). The number of nitrogens with zero attached hydrogens (tertiary/aromatic N) is 1. The summed E-state index contributed by atoms with van der Waals surface area (Å²) in [6, 6.07) is 4.81. The van der Waals surface area contributed by atoms with Crippen LogP contribution >= 0.6 is 23.2 Å². The average molecular weight is 328 g/mol. The lowest BCUT2D eigenvalue weighted by atomic mass is 9.90. The first-order valence-electron chi connectivity index (χ1n) is 6.81. The Balaban J connectivity index is 1.84. The Morgan fingerprint density at radius 1 is 1.29 bits per heavy atom. The predicted octanol–water partition coefficient (Wildman–Crippen LogP) is 2.17. The highest BCUT2D eigenvalue weighted by Gasteiger charge is 2.51. The van der Waals surface area contributed by atoms with Gasteiger partial charge in [0.15, 0.2) is 0 Å². The van der Waals surface area contributed by atoms with Crippen LogP contribution in [0.1, 0.15) is 18.4 Å². The van der Waals surface area contributed by atoms with Crippen LogP contribution in [0.2, 0.25) is 10.0 Å². The highest BCUT2D eigenvalue weighted by molar-refractivity contribution is 6.42. The average Bonchev–Trinajstić information content (AvgIpc) is 2.69. The third kappa shape index (κ3) is 2.50. The standard InChI is InChI=1S/C14H15Cl2N3O2/c15-10-4-1-3-9(11(10)16)7-19-12(20)14(18-13(19)21)5-2-6-17-8-14/h1,3-4,17H,2,5-8H2,(H,18,21). The number of benzene rings is 1. The minimum Gasteiger partial charge on any atom is -0.322 e. The Morgan fingerprint density at radius 2 is 2.10 bits per heavy atom. The summed E-state index contributed by atoms with van der Waals surface area (Å²) in [4.78, 5) is 26.0. The van der Waals surface area contributed by atoms with Gasteiger partial charge in [-0.15, -0.1) is 0 Å². The summed E-state index contributed by atoms with van der Waals surface area (Å²) >= 11 is 12.1. The molecule has 1 aromatic rings. The lowest BCUT2D eigenvalue weighted by molar-refractivity contribution is -0.132. The maximum atomic E-state index is 12.6. The molecule has 7 heteroatoms. The third-order valence-corrected chi connectivity index (χ3v) is 4.85. The van der Waals surface area contributed by atoms with Gasteiger partial charge in [-0.2, -0.15) is 0 Å². The van der Waals surface area contributed by atoms with Crippen LogP contribution in [0.4, 0.5) is 4.79 Å². The van der Waals surface area contributed by atoms with Crippen molar-refractivity contribution < 1.29 is 9.59 Å². The lowest BCUT2D eigenvalue weighted by Crippen LogP contribution is -2.57. The summed E-state index contributed by atoms with van der Waals surface area (Å²) in [7, 11) is 0. The number of hydrogen-bond acceptors (Lipinski definition) is 3. The number of imide groups is 1. The molecule has 2 aliphatic rings. The van der Waals surface area contributed by atoms with Gasteiger partial charge < -0.3 is 10.6 Å². The maximum absolute atomic E-state index is 12.6. The molecule has 1 unspecified atom stereocenters. The first-order chi connectivity index (χ1) is 10.0. The van der Waals surface area contributed by atoms with Gasteiger partial charge in [-0.05, 0) is 31.0 Å². The van der Waals surface area contributed by atoms with E-state index < -0.39 is 5.54 Å². The van der Waals surface area contributed by atoms with Gasteiger partial charge in [0.1, 0.15) is 5.54 Å². The minimum atomic E-state index is -0.805. The summed E-state index contributed by atoms with van der Waals surface area (Å²) in [5.74, 6) is -0.198. The molecule has 112 valence electrons. The van der Waals surface area contributed by atoms with Gasteiger partial charge in [-0.3, -0.25) is 9.69 Å². The molecule has 2 fully saturated rings. The van der Waals surface area contributed by atoms with Crippen molar-refractivity contribution in [2.45, 2.75) is 24.9 Å². The first-order valence-corrected chi connectivity index (χ1v) is 7.57. The lowest BCUT2D eigenvalue weighted by Gasteiger charge is -2.31. The van der Waals surface area contributed by atoms with E-state index in [-0.39, 0.29) is 18.5 Å². The Labute approximate surface area is 132 Å². The topological polar surface area (TPSA) is 61.4 Å². The summed E-state index contributed by atoms with van der Waals surface area (Å²) < 4.78 is 0. The summed E-state index contributed by atoms with van der Waals surface area (Å²) in [6.45, 7) is 1.47. The molecule has 2 N–H and O–H groups in total. The Morgan fingerprint density at radius 3 is 2.81 bits per heavy atom. The van der Waals surface area contributed by atoms with E-state index in [2.05, 4.69) is 10.6 Å². The number of carbonyl (C=O) groups is 2. The molecule has 2 saturated heterocycles. The van der Waals surface area contributed by atoms with Crippen molar-refractivity contribution in [3.63, 3.8) is 0 Å². The molecule has 0 radical (unpaired) electrons. The SMILES string of the molecule is O=C1NC2(CCCNC2)C(=O)N1Cc1cccc(Cl)c1Cl. The second-order valence-corrected chi connectivity index (χ2v) is 6.18. The van der Waals surface area contributed by atoms with Gasteiger partial charge in [-0.25, -0.2) is 4.79 Å². The van der Waals surface area contributed by atoms with Crippen LogP contribution in [0.3, 0.4) is 0 Å². The van der Waals surface area contributed by atoms with E-state index in [1.54, 1.807) is 18.2 Å². The molecule has 0 aromatic heterocycles. The predicted molar refractivity (Wildman–Crippen MR) is 80.4 cm³/mol. The smallest absolute Gasteiger partial charge is 0.322 e. The van der Waals surface area contributed by atoms with Crippen LogP contribution in [0.15, 0.2) is 18.2 Å². The second kappa shape index (κ2) is 5.48. The zero-order valence-corrected chi connectivity index (χ0v) is 12.8. The van der Waals surface area contributed by atoms with Crippen molar-refractivity contribution in [1.29, 1.82) is 0 Å². The number of urea groups is 1. The Hall–Kier alpha value is -1.30. The third-order valence-electron chi connectivity index (χ3n) is 3.99. The number of nitrogens with one attached hydrogen (secondary N) is 2. The highest BCUT2D eigenvalue weighted by Crippen LogP contribution is 2.30. The summed E-state index contributed by atoms with van der Waals surface area (Å²) in [5, 5.41) is 6.78. The molecule has 1 aromatic carbocycles. The van der Waals surface area contributed by atoms with Crippen LogP contribution in [0.5, 0.6) is 0 Å². The molecule has 21 heavy (non-hydrogen) atoms. The van der Waals surface area contributed by atoms with Gasteiger partial charge >= 0.3 is 6.03 Å². The van der Waals surface area contributed by atoms with Crippen molar-refractivity contribution in [2.24, 2.45) is 0 Å². The molecular formula is C14H15Cl2N3O2. The monoisotopic (exact) mass is 327 g/mol. The fourth-order valence-corrected chi connectivity index (χ4v) is 3.24. The van der Waals surface area contributed by atoms with Gasteiger partial charge in [0.25, 0.3) is 5.91 Å². The van der Waals surface area contributed by atoms with Crippen molar-refractivity contribution in [2.75, 3.05) is 13.1 Å². The molecule has 0 bridgehead atoms. The zero-order chi connectivity index (χ0) is 15.0. The molecule has 3 amide bonds. The molecule has 1 spiro atoms. The zero-order valence-electron chi connectivity index (χ0n) is 11.3. The van der Waals surface area contributed by atoms with Crippen LogP contribution in [0.25, 0.3) is 0 Å². The van der Waals surface area contributed by atoms with Gasteiger partial charge in [-0.1, -0.05) is 35.3 Å². The fraction of sp³-hybridized carbons (Fsp3) is 0.429. The number of amides is 3. The van der Waals surface area contributed by atoms with Gasteiger partial charge in [0.2, 0.25) is 0 Å².